The molecule has 0 fully saturated rings. The zero-order valence-electron chi connectivity index (χ0n) is 8.61. The average Bonchev–Trinajstić information content (AvgIpc) is 2.21. The van der Waals surface area contributed by atoms with E-state index in [0.29, 0.717) is 17.3 Å². The molecule has 0 bridgehead atoms. The number of anilines is 2. The molecular formula is C9H12ClN5. The number of halogens is 1. The summed E-state index contributed by atoms with van der Waals surface area (Å²) in [4.78, 5) is 9.61. The maximum atomic E-state index is 8.59. The molecule has 80 valence electrons. The van der Waals surface area contributed by atoms with E-state index in [-0.39, 0.29) is 12.0 Å². The van der Waals surface area contributed by atoms with Gasteiger partial charge in [0.15, 0.2) is 5.82 Å². The normalized spacial score (nSPS) is 11.9. The van der Waals surface area contributed by atoms with Crippen molar-refractivity contribution in [3.8, 4) is 6.07 Å². The number of hydrogen-bond donors (Lipinski definition) is 1. The Bertz CT molecular complexity index is 387. The van der Waals surface area contributed by atoms with Gasteiger partial charge in [-0.3, -0.25) is 0 Å². The minimum atomic E-state index is 0.0294. The number of rotatable bonds is 3. The lowest BCUT2D eigenvalue weighted by atomic mass is 10.2. The summed E-state index contributed by atoms with van der Waals surface area (Å²) in [6.45, 7) is 1.91. The first-order valence-electron chi connectivity index (χ1n) is 4.44. The van der Waals surface area contributed by atoms with Crippen molar-refractivity contribution in [1.29, 1.82) is 5.26 Å². The second kappa shape index (κ2) is 4.80. The van der Waals surface area contributed by atoms with Crippen molar-refractivity contribution >= 4 is 23.4 Å². The Labute approximate surface area is 93.5 Å². The third-order valence-corrected chi connectivity index (χ3v) is 2.39. The molecule has 1 atom stereocenters. The molecule has 1 rings (SSSR count). The van der Waals surface area contributed by atoms with Gasteiger partial charge < -0.3 is 10.6 Å². The molecule has 0 aliphatic heterocycles. The van der Waals surface area contributed by atoms with Crippen LogP contribution >= 0.6 is 11.6 Å². The van der Waals surface area contributed by atoms with Crippen molar-refractivity contribution < 1.29 is 0 Å². The monoisotopic (exact) mass is 225 g/mol. The topological polar surface area (TPSA) is 78.8 Å². The van der Waals surface area contributed by atoms with Crippen molar-refractivity contribution in [2.45, 2.75) is 19.4 Å². The Balaban J connectivity index is 2.95. The molecule has 1 aromatic heterocycles. The van der Waals surface area contributed by atoms with Gasteiger partial charge >= 0.3 is 0 Å². The lowest BCUT2D eigenvalue weighted by Crippen LogP contribution is -2.29. The van der Waals surface area contributed by atoms with Crippen LogP contribution < -0.4 is 10.6 Å². The molecule has 1 heterocycles. The van der Waals surface area contributed by atoms with Gasteiger partial charge in [0.25, 0.3) is 0 Å². The van der Waals surface area contributed by atoms with Crippen molar-refractivity contribution in [2.24, 2.45) is 0 Å². The van der Waals surface area contributed by atoms with E-state index in [1.165, 1.54) is 6.20 Å². The highest BCUT2D eigenvalue weighted by Gasteiger charge is 2.14. The summed E-state index contributed by atoms with van der Waals surface area (Å²) in [7, 11) is 1.82. The molecule has 0 saturated carbocycles. The number of nitrogens with two attached hydrogens (primary N) is 1. The first kappa shape index (κ1) is 11.5. The zero-order chi connectivity index (χ0) is 11.4. The third-order valence-electron chi connectivity index (χ3n) is 2.13. The summed E-state index contributed by atoms with van der Waals surface area (Å²) >= 11 is 5.93. The van der Waals surface area contributed by atoms with Gasteiger partial charge in [0.1, 0.15) is 5.02 Å². The highest BCUT2D eigenvalue weighted by Crippen LogP contribution is 2.23. The predicted molar refractivity (Wildman–Crippen MR) is 59.5 cm³/mol. The molecule has 0 spiro atoms. The smallest absolute Gasteiger partial charge is 0.222 e. The molecule has 15 heavy (non-hydrogen) atoms. The van der Waals surface area contributed by atoms with Crippen LogP contribution in [0.3, 0.4) is 0 Å². The van der Waals surface area contributed by atoms with E-state index in [2.05, 4.69) is 16.0 Å². The number of nitrogen functional groups attached to an aromatic ring is 1. The lowest BCUT2D eigenvalue weighted by Gasteiger charge is -2.24. The fraction of sp³-hybridized carbons (Fsp3) is 0.444. The molecule has 0 aliphatic carbocycles. The number of hydrogen-bond acceptors (Lipinski definition) is 5. The average molecular weight is 226 g/mol. The molecule has 0 radical (unpaired) electrons. The number of aromatic nitrogens is 2. The van der Waals surface area contributed by atoms with Crippen LogP contribution in [0.15, 0.2) is 6.20 Å². The molecular weight excluding hydrogens is 214 g/mol. The minimum Gasteiger partial charge on any atom is -0.368 e. The van der Waals surface area contributed by atoms with Crippen LogP contribution in [0.2, 0.25) is 5.02 Å². The van der Waals surface area contributed by atoms with Gasteiger partial charge in [0.05, 0.1) is 18.7 Å². The standard InChI is InChI=1S/C9H12ClN5/c1-6(3-4-11)15(2)8-7(10)5-13-9(12)14-8/h5-6H,3H2,1-2H3,(H2,12,13,14). The van der Waals surface area contributed by atoms with Gasteiger partial charge in [-0.1, -0.05) is 11.6 Å². The second-order valence-corrected chi connectivity index (χ2v) is 3.63. The Morgan fingerprint density at radius 2 is 2.40 bits per heavy atom. The molecule has 0 aliphatic rings. The maximum Gasteiger partial charge on any atom is 0.222 e. The first-order valence-corrected chi connectivity index (χ1v) is 4.82. The number of nitriles is 1. The van der Waals surface area contributed by atoms with E-state index in [1.807, 2.05) is 18.9 Å². The summed E-state index contributed by atoms with van der Waals surface area (Å²) in [5, 5.41) is 9.02. The van der Waals surface area contributed by atoms with Crippen LogP contribution in [0.25, 0.3) is 0 Å². The molecule has 0 saturated heterocycles. The van der Waals surface area contributed by atoms with E-state index < -0.39 is 0 Å². The number of nitrogens with zero attached hydrogens (tertiary/aromatic N) is 4. The van der Waals surface area contributed by atoms with E-state index in [0.717, 1.165) is 0 Å². The maximum absolute atomic E-state index is 8.59. The fourth-order valence-corrected chi connectivity index (χ4v) is 1.32. The van der Waals surface area contributed by atoms with E-state index in [4.69, 9.17) is 22.6 Å². The van der Waals surface area contributed by atoms with Crippen LogP contribution in [0.4, 0.5) is 11.8 Å². The fourth-order valence-electron chi connectivity index (χ4n) is 1.10. The summed E-state index contributed by atoms with van der Waals surface area (Å²) in [6.07, 6.45) is 1.85. The second-order valence-electron chi connectivity index (χ2n) is 3.22. The van der Waals surface area contributed by atoms with Crippen LogP contribution in [-0.2, 0) is 0 Å². The van der Waals surface area contributed by atoms with Crippen molar-refractivity contribution in [3.05, 3.63) is 11.2 Å². The van der Waals surface area contributed by atoms with Crippen LogP contribution in [0, 0.1) is 11.3 Å². The van der Waals surface area contributed by atoms with Gasteiger partial charge in [-0.2, -0.15) is 10.2 Å². The van der Waals surface area contributed by atoms with Gasteiger partial charge in [-0.25, -0.2) is 4.98 Å². The molecule has 0 amide bonds. The van der Waals surface area contributed by atoms with E-state index in [1.54, 1.807) is 0 Å². The minimum absolute atomic E-state index is 0.0294. The SMILES string of the molecule is CC(CC#N)N(C)c1nc(N)ncc1Cl. The summed E-state index contributed by atoms with van der Waals surface area (Å²) in [5.41, 5.74) is 5.47. The highest BCUT2D eigenvalue weighted by atomic mass is 35.5. The van der Waals surface area contributed by atoms with Gasteiger partial charge in [-0.05, 0) is 6.92 Å². The van der Waals surface area contributed by atoms with Gasteiger partial charge in [0, 0.05) is 13.1 Å². The first-order chi connectivity index (χ1) is 7.06. The molecule has 5 nitrogen and oxygen atoms in total. The molecule has 2 N–H and O–H groups in total. The quantitative estimate of drug-likeness (QED) is 0.842. The van der Waals surface area contributed by atoms with E-state index in [9.17, 15) is 0 Å². The Morgan fingerprint density at radius 1 is 1.73 bits per heavy atom. The largest absolute Gasteiger partial charge is 0.368 e. The Morgan fingerprint density at radius 3 is 3.00 bits per heavy atom. The summed E-state index contributed by atoms with van der Waals surface area (Å²) < 4.78 is 0. The lowest BCUT2D eigenvalue weighted by molar-refractivity contribution is 0.693. The van der Waals surface area contributed by atoms with Crippen molar-refractivity contribution in [3.63, 3.8) is 0 Å². The third kappa shape index (κ3) is 2.70. The van der Waals surface area contributed by atoms with Crippen molar-refractivity contribution in [2.75, 3.05) is 17.7 Å². The Kier molecular flexibility index (Phi) is 3.69. The van der Waals surface area contributed by atoms with Crippen LogP contribution in [0.1, 0.15) is 13.3 Å². The van der Waals surface area contributed by atoms with Crippen molar-refractivity contribution in [1.82, 2.24) is 9.97 Å². The van der Waals surface area contributed by atoms with Gasteiger partial charge in [-0.15, -0.1) is 0 Å². The van der Waals surface area contributed by atoms with Crippen LogP contribution in [-0.4, -0.2) is 23.1 Å². The molecule has 1 unspecified atom stereocenters. The van der Waals surface area contributed by atoms with Crippen LogP contribution in [0.5, 0.6) is 0 Å². The molecule has 0 aromatic carbocycles. The summed E-state index contributed by atoms with van der Waals surface area (Å²) in [6, 6.07) is 2.12. The van der Waals surface area contributed by atoms with E-state index >= 15 is 0 Å². The molecule has 6 heteroatoms. The molecule has 1 aromatic rings. The zero-order valence-corrected chi connectivity index (χ0v) is 9.36. The highest BCUT2D eigenvalue weighted by molar-refractivity contribution is 6.32. The predicted octanol–water partition coefficient (Wildman–Crippen LogP) is 1.45. The Hall–Kier alpha value is -1.54. The van der Waals surface area contributed by atoms with Gasteiger partial charge in [0.2, 0.25) is 5.95 Å². The summed E-state index contributed by atoms with van der Waals surface area (Å²) in [5.74, 6) is 0.720.